The quantitative estimate of drug-likeness (QED) is 0.265. The molecule has 2 aliphatic heterocycles. The van der Waals surface area contributed by atoms with Crippen LogP contribution in [0.4, 0.5) is 0 Å². The Kier molecular flexibility index (Phi) is 8.48. The molecule has 0 spiro atoms. The minimum absolute atomic E-state index is 0.0293. The summed E-state index contributed by atoms with van der Waals surface area (Å²) in [4.78, 5) is 34.3. The van der Waals surface area contributed by atoms with Gasteiger partial charge >= 0.3 is 5.97 Å². The van der Waals surface area contributed by atoms with Crippen LogP contribution in [0.2, 0.25) is 18.1 Å². The summed E-state index contributed by atoms with van der Waals surface area (Å²) < 4.78 is 11.7. The van der Waals surface area contributed by atoms with Crippen molar-refractivity contribution in [1.29, 1.82) is 0 Å². The van der Waals surface area contributed by atoms with Crippen LogP contribution < -0.4 is 0 Å². The van der Waals surface area contributed by atoms with Crippen molar-refractivity contribution in [3.63, 3.8) is 0 Å². The first-order chi connectivity index (χ1) is 15.7. The first-order valence-electron chi connectivity index (χ1n) is 12.0. The molecule has 5 atom stereocenters. The van der Waals surface area contributed by atoms with E-state index in [9.17, 15) is 9.59 Å². The molecule has 3 heterocycles. The summed E-state index contributed by atoms with van der Waals surface area (Å²) in [6.07, 6.45) is 1.62. The molecule has 33 heavy (non-hydrogen) atoms. The molecule has 1 amide bonds. The number of β-lactam (4-membered cyclic amide) rings is 1. The van der Waals surface area contributed by atoms with Crippen molar-refractivity contribution >= 4 is 29.7 Å². The van der Waals surface area contributed by atoms with Crippen LogP contribution in [0.15, 0.2) is 35.7 Å². The molecule has 182 valence electrons. The minimum atomic E-state index is -1.85. The Morgan fingerprint density at radius 2 is 1.91 bits per heavy atom. The molecule has 1 aromatic rings. The maximum absolute atomic E-state index is 13.3. The van der Waals surface area contributed by atoms with Crippen LogP contribution in [0.3, 0.4) is 0 Å². The van der Waals surface area contributed by atoms with Crippen LogP contribution in [0.25, 0.3) is 0 Å². The van der Waals surface area contributed by atoms with Crippen LogP contribution in [0.5, 0.6) is 0 Å². The average molecular weight is 492 g/mol. The van der Waals surface area contributed by atoms with E-state index in [0.29, 0.717) is 18.8 Å². The molecule has 1 aromatic heterocycles. The van der Waals surface area contributed by atoms with Crippen molar-refractivity contribution in [3.05, 3.63) is 41.4 Å². The SMILES string of the molecule is CC[Si](CC)(CC)O[C@H](C)[C@H]1C(=O)N2C(C(=O)OP)=C(CN(C)Cc3ccccn3)[C@H](C)[C@H]12. The van der Waals surface area contributed by atoms with E-state index in [-0.39, 0.29) is 29.9 Å². The highest BCUT2D eigenvalue weighted by Gasteiger charge is 2.60. The fraction of sp³-hybridized carbons (Fsp3) is 0.625. The molecule has 0 saturated carbocycles. The standard InChI is InChI=1S/C24H38N3O4PSi/c1-7-33(8-2,9-3)31-17(5)20-21-16(4)19(22(24(29)30-32)27(21)23(20)28)15-26(6)14-18-12-10-11-13-25-18/h10-13,16-17,20-21H,7-9,14-15,32H2,1-6H3/t16-,17+,20+,21+/m0/s1. The molecule has 0 bridgehead atoms. The van der Waals surface area contributed by atoms with Gasteiger partial charge in [0.05, 0.1) is 33.2 Å². The van der Waals surface area contributed by atoms with E-state index >= 15 is 0 Å². The van der Waals surface area contributed by atoms with E-state index in [1.807, 2.05) is 41.6 Å². The summed E-state index contributed by atoms with van der Waals surface area (Å²) in [5.41, 5.74) is 2.30. The number of nitrogens with zero attached hydrogens (tertiary/aromatic N) is 3. The molecule has 0 radical (unpaired) electrons. The Hall–Kier alpha value is -1.60. The summed E-state index contributed by atoms with van der Waals surface area (Å²) in [5.74, 6) is -0.693. The van der Waals surface area contributed by atoms with Crippen LogP contribution in [0.1, 0.15) is 40.3 Å². The van der Waals surface area contributed by atoms with Crippen molar-refractivity contribution in [2.45, 2.75) is 71.4 Å². The van der Waals surface area contributed by atoms with Crippen LogP contribution in [-0.4, -0.2) is 60.7 Å². The van der Waals surface area contributed by atoms with Gasteiger partial charge in [0.2, 0.25) is 5.91 Å². The van der Waals surface area contributed by atoms with Gasteiger partial charge in [-0.1, -0.05) is 33.8 Å². The van der Waals surface area contributed by atoms with Gasteiger partial charge in [0, 0.05) is 25.2 Å². The third-order valence-electron chi connectivity index (χ3n) is 7.57. The summed E-state index contributed by atoms with van der Waals surface area (Å²) in [6.45, 7) is 12.0. The zero-order valence-electron chi connectivity index (χ0n) is 20.7. The van der Waals surface area contributed by atoms with Crippen LogP contribution in [-0.2, 0) is 25.1 Å². The third kappa shape index (κ3) is 4.95. The minimum Gasteiger partial charge on any atom is -0.447 e. The van der Waals surface area contributed by atoms with Gasteiger partial charge in [0.25, 0.3) is 0 Å². The summed E-state index contributed by atoms with van der Waals surface area (Å²) in [5, 5.41) is 0. The van der Waals surface area contributed by atoms with Gasteiger partial charge in [0.1, 0.15) is 5.70 Å². The second-order valence-electron chi connectivity index (χ2n) is 9.35. The smallest absolute Gasteiger partial charge is 0.357 e. The number of aromatic nitrogens is 1. The van der Waals surface area contributed by atoms with E-state index in [0.717, 1.165) is 29.4 Å². The Labute approximate surface area is 201 Å². The lowest BCUT2D eigenvalue weighted by atomic mass is 9.77. The Morgan fingerprint density at radius 1 is 1.24 bits per heavy atom. The van der Waals surface area contributed by atoms with Gasteiger partial charge in [-0.15, -0.1) is 0 Å². The normalized spacial score (nSPS) is 23.6. The topological polar surface area (TPSA) is 72.0 Å². The molecule has 1 fully saturated rings. The molecule has 1 saturated heterocycles. The maximum Gasteiger partial charge on any atom is 0.357 e. The number of likely N-dealkylation sites (N-methyl/N-ethyl adjacent to an activating group) is 1. The number of rotatable bonds is 11. The number of hydrogen-bond donors (Lipinski definition) is 0. The number of amides is 1. The number of carbonyl (C=O) groups is 2. The fourth-order valence-corrected chi connectivity index (χ4v) is 8.51. The van der Waals surface area contributed by atoms with Crippen LogP contribution in [0, 0.1) is 11.8 Å². The highest BCUT2D eigenvalue weighted by Crippen LogP contribution is 2.48. The van der Waals surface area contributed by atoms with Gasteiger partial charge in [-0.3, -0.25) is 14.7 Å². The number of pyridine rings is 1. The zero-order valence-corrected chi connectivity index (χ0v) is 22.9. The van der Waals surface area contributed by atoms with E-state index in [2.05, 4.69) is 37.6 Å². The fourth-order valence-electron chi connectivity index (χ4n) is 5.47. The Morgan fingerprint density at radius 3 is 2.45 bits per heavy atom. The van der Waals surface area contributed by atoms with Crippen molar-refractivity contribution in [1.82, 2.24) is 14.8 Å². The second-order valence-corrected chi connectivity index (χ2v) is 14.3. The van der Waals surface area contributed by atoms with Gasteiger partial charge in [0.15, 0.2) is 8.32 Å². The van der Waals surface area contributed by atoms with Crippen LogP contribution >= 0.6 is 9.47 Å². The van der Waals surface area contributed by atoms with Crippen molar-refractivity contribution < 1.29 is 18.5 Å². The highest BCUT2D eigenvalue weighted by atomic mass is 31.0. The number of hydrogen-bond acceptors (Lipinski definition) is 6. The molecular weight excluding hydrogens is 453 g/mol. The average Bonchev–Trinajstić information content (AvgIpc) is 3.05. The first-order valence-corrected chi connectivity index (χ1v) is 15.0. The lowest BCUT2D eigenvalue weighted by Gasteiger charge is -2.49. The first kappa shape index (κ1) is 26.0. The second kappa shape index (κ2) is 10.8. The molecule has 2 aliphatic rings. The van der Waals surface area contributed by atoms with Gasteiger partial charge in [-0.05, 0) is 49.8 Å². The molecule has 0 aliphatic carbocycles. The summed E-state index contributed by atoms with van der Waals surface area (Å²) in [6, 6.07) is 8.91. The predicted octanol–water partition coefficient (Wildman–Crippen LogP) is 3.99. The lowest BCUT2D eigenvalue weighted by molar-refractivity contribution is -0.161. The van der Waals surface area contributed by atoms with E-state index in [1.165, 1.54) is 0 Å². The van der Waals surface area contributed by atoms with E-state index in [4.69, 9.17) is 8.95 Å². The molecule has 0 aromatic carbocycles. The molecule has 0 N–H and O–H groups in total. The summed E-state index contributed by atoms with van der Waals surface area (Å²) in [7, 11) is 2.18. The van der Waals surface area contributed by atoms with Gasteiger partial charge in [-0.25, -0.2) is 4.79 Å². The van der Waals surface area contributed by atoms with Crippen molar-refractivity contribution in [2.75, 3.05) is 13.6 Å². The molecule has 9 heteroatoms. The number of carbonyl (C=O) groups excluding carboxylic acids is 2. The number of fused-ring (bicyclic) bond motifs is 1. The molecule has 3 rings (SSSR count). The van der Waals surface area contributed by atoms with E-state index in [1.54, 1.807) is 11.1 Å². The maximum atomic E-state index is 13.3. The highest BCUT2D eigenvalue weighted by molar-refractivity contribution is 7.10. The monoisotopic (exact) mass is 491 g/mol. The Bertz CT molecular complexity index is 885. The molecule has 7 nitrogen and oxygen atoms in total. The lowest BCUT2D eigenvalue weighted by Crippen LogP contribution is -2.65. The van der Waals surface area contributed by atoms with Crippen molar-refractivity contribution in [3.8, 4) is 0 Å². The largest absolute Gasteiger partial charge is 0.447 e. The van der Waals surface area contributed by atoms with Gasteiger partial charge < -0.3 is 13.8 Å². The summed E-state index contributed by atoms with van der Waals surface area (Å²) >= 11 is 0. The Balaban J connectivity index is 1.82. The molecular formula is C24H38N3O4PSi. The van der Waals surface area contributed by atoms with Crippen molar-refractivity contribution in [2.24, 2.45) is 11.8 Å². The third-order valence-corrected chi connectivity index (χ3v) is 12.5. The van der Waals surface area contributed by atoms with E-state index < -0.39 is 14.3 Å². The predicted molar refractivity (Wildman–Crippen MR) is 134 cm³/mol. The molecule has 1 unspecified atom stereocenters. The van der Waals surface area contributed by atoms with Gasteiger partial charge in [-0.2, -0.15) is 0 Å². The zero-order chi connectivity index (χ0) is 24.3.